The van der Waals surface area contributed by atoms with E-state index in [9.17, 15) is 4.79 Å². The maximum absolute atomic E-state index is 10.9. The third kappa shape index (κ3) is 2.02. The molecule has 1 N–H and O–H groups in total. The highest BCUT2D eigenvalue weighted by Gasteiger charge is 2.26. The Morgan fingerprint density at radius 1 is 1.73 bits per heavy atom. The minimum atomic E-state index is -0.592. The smallest absolute Gasteiger partial charge is 0.161 e. The summed E-state index contributed by atoms with van der Waals surface area (Å²) >= 11 is 0. The number of carbonyl (C=O) groups excluding carboxylic acids is 1. The monoisotopic (exact) mass is 154 g/mol. The topological polar surface area (TPSA) is 37.3 Å². The van der Waals surface area contributed by atoms with E-state index in [0.29, 0.717) is 6.42 Å². The lowest BCUT2D eigenvalue weighted by molar-refractivity contribution is -0.119. The first-order chi connectivity index (χ1) is 4.75. The summed E-state index contributed by atoms with van der Waals surface area (Å²) in [7, 11) is 0. The lowest BCUT2D eigenvalue weighted by Crippen LogP contribution is -2.18. The second kappa shape index (κ2) is 4.09. The minimum Gasteiger partial charge on any atom is -0.388 e. The molecule has 1 aliphatic rings. The average Bonchev–Trinajstić information content (AvgIpc) is 2.20. The molecule has 2 atom stereocenters. The zero-order valence-electron chi connectivity index (χ0n) is 5.66. The maximum atomic E-state index is 10.9. The van der Waals surface area contributed by atoms with Crippen LogP contribution in [0.25, 0.3) is 0 Å². The van der Waals surface area contributed by atoms with Crippen molar-refractivity contribution in [1.29, 1.82) is 0 Å². The van der Waals surface area contributed by atoms with E-state index in [1.165, 1.54) is 12.2 Å². The molecule has 0 spiro atoms. The first kappa shape index (κ1) is 10.1. The molecule has 11 heavy (non-hydrogen) atoms. The number of hydrogen-bond acceptors (Lipinski definition) is 2. The fourth-order valence-electron chi connectivity index (χ4n) is 1.05. The fourth-order valence-corrected chi connectivity index (χ4v) is 1.05. The van der Waals surface area contributed by atoms with Gasteiger partial charge in [0.1, 0.15) is 0 Å². The predicted octanol–water partition coefficient (Wildman–Crippen LogP) is 1.31. The molecule has 0 aromatic carbocycles. The summed E-state index contributed by atoms with van der Waals surface area (Å²) in [6.07, 6.45) is 4.58. The number of hydrogen-bond donors (Lipinski definition) is 1. The molecule has 0 heterocycles. The largest absolute Gasteiger partial charge is 0.388 e. The number of rotatable bonds is 2. The summed E-state index contributed by atoms with van der Waals surface area (Å²) in [5.41, 5.74) is 0. The molecule has 0 aliphatic heterocycles. The van der Waals surface area contributed by atoms with Gasteiger partial charge in [-0.3, -0.25) is 4.79 Å². The second-order valence-corrected chi connectivity index (χ2v) is 2.38. The molecule has 0 saturated heterocycles. The Bertz CT molecular complexity index is 182. The Morgan fingerprint density at radius 3 is 2.73 bits per heavy atom. The molecule has 0 aromatic rings. The molecule has 0 saturated carbocycles. The van der Waals surface area contributed by atoms with Crippen LogP contribution in [0.5, 0.6) is 0 Å². The van der Waals surface area contributed by atoms with Crippen LogP contribution in [0.3, 0.4) is 0 Å². The lowest BCUT2D eigenvalue weighted by Gasteiger charge is -2.08. The van der Waals surface area contributed by atoms with Gasteiger partial charge in [-0.15, -0.1) is 6.58 Å². The molecule has 0 radical (unpaired) electrons. The minimum absolute atomic E-state index is 0. The van der Waals surface area contributed by atoms with Crippen LogP contribution in [0.1, 0.15) is 13.8 Å². The highest BCUT2D eigenvalue weighted by Crippen LogP contribution is 2.18. The summed E-state index contributed by atoms with van der Waals surface area (Å²) in [6, 6.07) is 0. The van der Waals surface area contributed by atoms with Crippen LogP contribution in [-0.4, -0.2) is 17.0 Å². The molecular weight excluding hydrogens is 140 g/mol. The van der Waals surface area contributed by atoms with Gasteiger partial charge < -0.3 is 5.11 Å². The van der Waals surface area contributed by atoms with Crippen LogP contribution in [-0.2, 0) is 4.79 Å². The van der Waals surface area contributed by atoms with Crippen molar-refractivity contribution in [3.8, 4) is 0 Å². The number of carbonyl (C=O) groups is 1. The van der Waals surface area contributed by atoms with Gasteiger partial charge in [0.2, 0.25) is 0 Å². The summed E-state index contributed by atoms with van der Waals surface area (Å²) in [6.45, 7) is 3.50. The Hall–Kier alpha value is -0.890. The van der Waals surface area contributed by atoms with Crippen molar-refractivity contribution in [3.05, 3.63) is 24.8 Å². The molecule has 1 rings (SSSR count). The molecule has 2 heteroatoms. The molecule has 0 aromatic heterocycles. The first-order valence-corrected chi connectivity index (χ1v) is 3.26. The van der Waals surface area contributed by atoms with Crippen LogP contribution in [0.4, 0.5) is 0 Å². The zero-order valence-corrected chi connectivity index (χ0v) is 5.66. The Balaban J connectivity index is 0.000001000. The molecule has 1 aliphatic carbocycles. The van der Waals surface area contributed by atoms with E-state index >= 15 is 0 Å². The standard InChI is InChI=1S/C8H10O2.CH4/c1-2-3-6-7(9)4-5-8(6)10;/h2,4-7,9H,1,3H2;1H4. The summed E-state index contributed by atoms with van der Waals surface area (Å²) < 4.78 is 0. The van der Waals surface area contributed by atoms with Crippen molar-refractivity contribution in [2.24, 2.45) is 5.92 Å². The van der Waals surface area contributed by atoms with E-state index < -0.39 is 6.10 Å². The van der Waals surface area contributed by atoms with Gasteiger partial charge in [-0.2, -0.15) is 0 Å². The van der Waals surface area contributed by atoms with Gasteiger partial charge in [0, 0.05) is 0 Å². The number of aliphatic hydroxyl groups excluding tert-OH is 1. The Morgan fingerprint density at radius 2 is 2.36 bits per heavy atom. The van der Waals surface area contributed by atoms with Gasteiger partial charge in [-0.25, -0.2) is 0 Å². The van der Waals surface area contributed by atoms with E-state index in [1.54, 1.807) is 6.08 Å². The first-order valence-electron chi connectivity index (χ1n) is 3.26. The van der Waals surface area contributed by atoms with E-state index in [1.807, 2.05) is 0 Å². The Labute approximate surface area is 67.2 Å². The molecule has 0 bridgehead atoms. The van der Waals surface area contributed by atoms with Crippen molar-refractivity contribution in [1.82, 2.24) is 0 Å². The fraction of sp³-hybridized carbons (Fsp3) is 0.444. The van der Waals surface area contributed by atoms with E-state index in [2.05, 4.69) is 6.58 Å². The highest BCUT2D eigenvalue weighted by atomic mass is 16.3. The maximum Gasteiger partial charge on any atom is 0.161 e. The summed E-state index contributed by atoms with van der Waals surface area (Å²) in [4.78, 5) is 10.9. The van der Waals surface area contributed by atoms with Gasteiger partial charge >= 0.3 is 0 Å². The van der Waals surface area contributed by atoms with Crippen molar-refractivity contribution in [2.45, 2.75) is 20.0 Å². The number of ketones is 1. The van der Waals surface area contributed by atoms with Crippen molar-refractivity contribution in [2.75, 3.05) is 0 Å². The quantitative estimate of drug-likeness (QED) is 0.609. The van der Waals surface area contributed by atoms with Crippen LogP contribution in [0.2, 0.25) is 0 Å². The Kier molecular flexibility index (Phi) is 3.76. The molecule has 2 nitrogen and oxygen atoms in total. The third-order valence-corrected chi connectivity index (χ3v) is 1.66. The average molecular weight is 154 g/mol. The second-order valence-electron chi connectivity index (χ2n) is 2.38. The molecular formula is C9H14O2. The van der Waals surface area contributed by atoms with E-state index in [4.69, 9.17) is 5.11 Å². The lowest BCUT2D eigenvalue weighted by atomic mass is 10.0. The summed E-state index contributed by atoms with van der Waals surface area (Å²) in [5.74, 6) is -0.259. The summed E-state index contributed by atoms with van der Waals surface area (Å²) in [5, 5.41) is 9.14. The molecule has 2 unspecified atom stereocenters. The van der Waals surface area contributed by atoms with Crippen LogP contribution >= 0.6 is 0 Å². The van der Waals surface area contributed by atoms with E-state index in [0.717, 1.165) is 0 Å². The van der Waals surface area contributed by atoms with Gasteiger partial charge in [0.25, 0.3) is 0 Å². The van der Waals surface area contributed by atoms with Crippen molar-refractivity contribution >= 4 is 5.78 Å². The molecule has 0 fully saturated rings. The zero-order chi connectivity index (χ0) is 7.56. The van der Waals surface area contributed by atoms with Crippen LogP contribution in [0.15, 0.2) is 24.8 Å². The number of aliphatic hydroxyl groups is 1. The number of allylic oxidation sites excluding steroid dienone is 2. The van der Waals surface area contributed by atoms with Gasteiger partial charge in [0.15, 0.2) is 5.78 Å². The molecule has 62 valence electrons. The van der Waals surface area contributed by atoms with Crippen LogP contribution < -0.4 is 0 Å². The van der Waals surface area contributed by atoms with Gasteiger partial charge in [-0.1, -0.05) is 19.6 Å². The normalized spacial score (nSPS) is 28.3. The predicted molar refractivity (Wildman–Crippen MR) is 45.2 cm³/mol. The highest BCUT2D eigenvalue weighted by molar-refractivity contribution is 5.95. The molecule has 0 amide bonds. The van der Waals surface area contributed by atoms with Gasteiger partial charge in [-0.05, 0) is 12.5 Å². The van der Waals surface area contributed by atoms with Crippen molar-refractivity contribution < 1.29 is 9.90 Å². The SMILES string of the molecule is C.C=CCC1C(=O)C=CC1O. The third-order valence-electron chi connectivity index (χ3n) is 1.66. The van der Waals surface area contributed by atoms with Crippen LogP contribution in [0, 0.1) is 5.92 Å². The van der Waals surface area contributed by atoms with E-state index in [-0.39, 0.29) is 19.1 Å². The van der Waals surface area contributed by atoms with Gasteiger partial charge in [0.05, 0.1) is 12.0 Å². The van der Waals surface area contributed by atoms with Crippen molar-refractivity contribution in [3.63, 3.8) is 0 Å².